The molecular formula is C27H27N5O. The summed E-state index contributed by atoms with van der Waals surface area (Å²) in [7, 11) is 0. The zero-order valence-electron chi connectivity index (χ0n) is 18.9. The minimum absolute atomic E-state index is 0.323. The number of hydrogen-bond donors (Lipinski definition) is 2. The maximum Gasteiger partial charge on any atom is 0.289 e. The molecule has 0 fully saturated rings. The Hall–Kier alpha value is -3.93. The smallest absolute Gasteiger partial charge is 0.289 e. The van der Waals surface area contributed by atoms with E-state index >= 15 is 0 Å². The number of aromatic nitrogens is 2. The summed E-state index contributed by atoms with van der Waals surface area (Å²) in [6.07, 6.45) is 3.81. The lowest BCUT2D eigenvalue weighted by molar-refractivity contribution is 0.0950. The zero-order valence-corrected chi connectivity index (χ0v) is 18.9. The number of anilines is 1. The molecule has 0 saturated carbocycles. The van der Waals surface area contributed by atoms with Gasteiger partial charge in [0.1, 0.15) is 5.69 Å². The number of H-pyrrole nitrogens is 1. The zero-order chi connectivity index (χ0) is 22.8. The van der Waals surface area contributed by atoms with Crippen LogP contribution in [0.3, 0.4) is 0 Å². The predicted octanol–water partition coefficient (Wildman–Crippen LogP) is 4.94. The Bertz CT molecular complexity index is 1320. The summed E-state index contributed by atoms with van der Waals surface area (Å²) in [6, 6.07) is 20.6. The molecule has 2 N–H and O–H groups in total. The van der Waals surface area contributed by atoms with Gasteiger partial charge in [-0.15, -0.1) is 0 Å². The molecule has 0 aliphatic heterocycles. The normalized spacial score (nSPS) is 12.5. The molecular weight excluding hydrogens is 410 g/mol. The number of benzene rings is 3. The van der Waals surface area contributed by atoms with Gasteiger partial charge >= 0.3 is 0 Å². The second kappa shape index (κ2) is 8.90. The molecule has 0 spiro atoms. The number of aryl methyl sites for hydroxylation is 2. The van der Waals surface area contributed by atoms with Crippen molar-refractivity contribution >= 4 is 28.6 Å². The van der Waals surface area contributed by atoms with Gasteiger partial charge < -0.3 is 4.90 Å². The van der Waals surface area contributed by atoms with Crippen LogP contribution in [0.25, 0.3) is 22.0 Å². The minimum atomic E-state index is -0.323. The molecule has 1 aromatic heterocycles. The number of carbonyl (C=O) groups excluding carboxylic acids is 1. The molecule has 0 unspecified atom stereocenters. The standard InChI is InChI=1S/C27H27N5O/c1-3-32(4-2)21-13-8-18(9-14-21)17-28-31-27(33)25-16-24(29-30-25)22-15-12-20-11-10-19-6-5-7-23(22)26(19)20/h5-9,12-17H,3-4,10-11H2,1-2H3,(H,29,30)(H,31,33)/b28-17+. The van der Waals surface area contributed by atoms with Crippen molar-refractivity contribution in [2.45, 2.75) is 26.7 Å². The number of amides is 1. The van der Waals surface area contributed by atoms with E-state index < -0.39 is 0 Å². The first-order valence-electron chi connectivity index (χ1n) is 11.5. The lowest BCUT2D eigenvalue weighted by Gasteiger charge is -2.20. The maximum absolute atomic E-state index is 12.6. The van der Waals surface area contributed by atoms with Crippen molar-refractivity contribution < 1.29 is 4.79 Å². The molecule has 0 atom stereocenters. The van der Waals surface area contributed by atoms with Crippen LogP contribution in [0.2, 0.25) is 0 Å². The summed E-state index contributed by atoms with van der Waals surface area (Å²) < 4.78 is 0. The third-order valence-electron chi connectivity index (χ3n) is 6.38. The molecule has 4 aromatic rings. The van der Waals surface area contributed by atoms with Gasteiger partial charge in [0.2, 0.25) is 0 Å². The first-order chi connectivity index (χ1) is 16.2. The molecule has 6 nitrogen and oxygen atoms in total. The number of rotatable bonds is 7. The van der Waals surface area contributed by atoms with E-state index in [2.05, 4.69) is 81.9 Å². The van der Waals surface area contributed by atoms with Gasteiger partial charge in [0.05, 0.1) is 11.9 Å². The fourth-order valence-corrected chi connectivity index (χ4v) is 4.63. The fraction of sp³-hybridized carbons (Fsp3) is 0.222. The van der Waals surface area contributed by atoms with Crippen molar-refractivity contribution in [2.75, 3.05) is 18.0 Å². The van der Waals surface area contributed by atoms with Gasteiger partial charge in [0.15, 0.2) is 0 Å². The topological polar surface area (TPSA) is 73.4 Å². The molecule has 5 rings (SSSR count). The highest BCUT2D eigenvalue weighted by Gasteiger charge is 2.18. The van der Waals surface area contributed by atoms with Crippen LogP contribution in [-0.2, 0) is 12.8 Å². The Kier molecular flexibility index (Phi) is 5.65. The molecule has 1 amide bonds. The lowest BCUT2D eigenvalue weighted by Crippen LogP contribution is -2.21. The Labute approximate surface area is 193 Å². The van der Waals surface area contributed by atoms with E-state index in [4.69, 9.17) is 0 Å². The summed E-state index contributed by atoms with van der Waals surface area (Å²) in [6.45, 7) is 6.21. The molecule has 166 valence electrons. The lowest BCUT2D eigenvalue weighted by atomic mass is 9.98. The molecule has 1 aliphatic rings. The van der Waals surface area contributed by atoms with Crippen LogP contribution in [0, 0.1) is 0 Å². The van der Waals surface area contributed by atoms with Crippen molar-refractivity contribution in [3.8, 4) is 11.3 Å². The van der Waals surface area contributed by atoms with Crippen molar-refractivity contribution in [1.82, 2.24) is 15.6 Å². The van der Waals surface area contributed by atoms with Crippen LogP contribution >= 0.6 is 0 Å². The number of hydrazone groups is 1. The first kappa shape index (κ1) is 20.9. The van der Waals surface area contributed by atoms with E-state index in [1.807, 2.05) is 12.1 Å². The molecule has 1 aliphatic carbocycles. The molecule has 3 aromatic carbocycles. The van der Waals surface area contributed by atoms with Crippen LogP contribution in [0.4, 0.5) is 5.69 Å². The quantitative estimate of drug-likeness (QED) is 0.318. The molecule has 0 radical (unpaired) electrons. The van der Waals surface area contributed by atoms with Gasteiger partial charge in [0.25, 0.3) is 5.91 Å². The molecule has 6 heteroatoms. The average molecular weight is 438 g/mol. The molecule has 0 bridgehead atoms. The van der Waals surface area contributed by atoms with Crippen LogP contribution in [0.1, 0.15) is 41.0 Å². The van der Waals surface area contributed by atoms with Gasteiger partial charge in [-0.05, 0) is 72.4 Å². The Morgan fingerprint density at radius 3 is 2.58 bits per heavy atom. The highest BCUT2D eigenvalue weighted by atomic mass is 16.2. The third-order valence-corrected chi connectivity index (χ3v) is 6.38. The molecule has 33 heavy (non-hydrogen) atoms. The van der Waals surface area contributed by atoms with Crippen LogP contribution in [0.5, 0.6) is 0 Å². The number of hydrogen-bond acceptors (Lipinski definition) is 4. The highest BCUT2D eigenvalue weighted by Crippen LogP contribution is 2.36. The van der Waals surface area contributed by atoms with Crippen LogP contribution in [-0.4, -0.2) is 35.4 Å². The highest BCUT2D eigenvalue weighted by molar-refractivity contribution is 6.02. The Balaban J connectivity index is 1.29. The monoisotopic (exact) mass is 437 g/mol. The maximum atomic E-state index is 12.6. The largest absolute Gasteiger partial charge is 0.372 e. The van der Waals surface area contributed by atoms with Crippen molar-refractivity contribution in [3.63, 3.8) is 0 Å². The van der Waals surface area contributed by atoms with Crippen molar-refractivity contribution in [2.24, 2.45) is 5.10 Å². The van der Waals surface area contributed by atoms with E-state index in [-0.39, 0.29) is 5.91 Å². The van der Waals surface area contributed by atoms with Crippen molar-refractivity contribution in [3.05, 3.63) is 83.0 Å². The van der Waals surface area contributed by atoms with E-state index in [0.29, 0.717) is 5.69 Å². The number of nitrogens with one attached hydrogen (secondary N) is 2. The number of carbonyl (C=O) groups is 1. The average Bonchev–Trinajstić information content (AvgIpc) is 3.50. The summed E-state index contributed by atoms with van der Waals surface area (Å²) in [5.74, 6) is -0.323. The van der Waals surface area contributed by atoms with Gasteiger partial charge in [-0.2, -0.15) is 10.2 Å². The van der Waals surface area contributed by atoms with E-state index in [0.717, 1.165) is 42.8 Å². The summed E-state index contributed by atoms with van der Waals surface area (Å²) >= 11 is 0. The molecule has 1 heterocycles. The van der Waals surface area contributed by atoms with Crippen LogP contribution in [0.15, 0.2) is 65.8 Å². The van der Waals surface area contributed by atoms with Gasteiger partial charge in [0, 0.05) is 24.3 Å². The second-order valence-corrected chi connectivity index (χ2v) is 8.24. The number of nitrogens with zero attached hydrogens (tertiary/aromatic N) is 3. The minimum Gasteiger partial charge on any atom is -0.372 e. The number of aromatic amines is 1. The summed E-state index contributed by atoms with van der Waals surface area (Å²) in [5.41, 5.74) is 9.62. The first-order valence-corrected chi connectivity index (χ1v) is 11.5. The van der Waals surface area contributed by atoms with Crippen LogP contribution < -0.4 is 10.3 Å². The second-order valence-electron chi connectivity index (χ2n) is 8.24. The van der Waals surface area contributed by atoms with E-state index in [9.17, 15) is 4.79 Å². The van der Waals surface area contributed by atoms with Gasteiger partial charge in [-0.1, -0.05) is 42.5 Å². The van der Waals surface area contributed by atoms with Gasteiger partial charge in [-0.3, -0.25) is 9.89 Å². The van der Waals surface area contributed by atoms with E-state index in [1.54, 1.807) is 12.3 Å². The summed E-state index contributed by atoms with van der Waals surface area (Å²) in [4.78, 5) is 14.9. The molecule has 0 saturated heterocycles. The van der Waals surface area contributed by atoms with Crippen molar-refractivity contribution in [1.29, 1.82) is 0 Å². The third kappa shape index (κ3) is 4.00. The fourth-order valence-electron chi connectivity index (χ4n) is 4.63. The van der Waals surface area contributed by atoms with Gasteiger partial charge in [-0.25, -0.2) is 5.43 Å². The predicted molar refractivity (Wildman–Crippen MR) is 134 cm³/mol. The Morgan fingerprint density at radius 2 is 1.82 bits per heavy atom. The SMILES string of the molecule is CCN(CC)c1ccc(/C=N/NC(=O)c2cc(-c3ccc4c5c(cccc35)CC4)n[nH]2)cc1. The van der Waals surface area contributed by atoms with E-state index in [1.165, 1.54) is 27.6 Å². The Morgan fingerprint density at radius 1 is 1.06 bits per heavy atom. The summed E-state index contributed by atoms with van der Waals surface area (Å²) in [5, 5.41) is 13.9.